The van der Waals surface area contributed by atoms with Crippen molar-refractivity contribution in [1.82, 2.24) is 4.90 Å². The molecule has 0 saturated carbocycles. The highest BCUT2D eigenvalue weighted by Gasteiger charge is 2.23. The van der Waals surface area contributed by atoms with Crippen LogP contribution in [-0.4, -0.2) is 49.6 Å². The van der Waals surface area contributed by atoms with Crippen molar-refractivity contribution in [1.29, 1.82) is 0 Å². The largest absolute Gasteiger partial charge is 0.452 e. The second-order valence-corrected chi connectivity index (χ2v) is 6.67. The summed E-state index contributed by atoms with van der Waals surface area (Å²) in [6.45, 7) is 3.67. The van der Waals surface area contributed by atoms with Crippen molar-refractivity contribution in [2.45, 2.75) is 6.92 Å². The topological polar surface area (TPSA) is 49.9 Å². The van der Waals surface area contributed by atoms with Gasteiger partial charge in [-0.15, -0.1) is 0 Å². The minimum atomic E-state index is -0.556. The Balaban J connectivity index is 1.44. The van der Waals surface area contributed by atoms with Crippen molar-refractivity contribution in [2.24, 2.45) is 0 Å². The molecule has 5 nitrogen and oxygen atoms in total. The van der Waals surface area contributed by atoms with Gasteiger partial charge in [0.1, 0.15) is 5.82 Å². The molecule has 1 amide bonds. The van der Waals surface area contributed by atoms with E-state index in [4.69, 9.17) is 4.74 Å². The standard InChI is InChI=1S/C22H23FN2O3/c1-17-5-4-6-18(15-17)9-10-22(27)28-16-21(26)25-13-11-24(12-14-25)20-8-3-2-7-19(20)23/h2-10,15H,11-14,16H2,1H3/b10-9+. The lowest BCUT2D eigenvalue weighted by molar-refractivity contribution is -0.148. The second-order valence-electron chi connectivity index (χ2n) is 6.67. The molecule has 1 fully saturated rings. The summed E-state index contributed by atoms with van der Waals surface area (Å²) in [6.07, 6.45) is 2.98. The maximum absolute atomic E-state index is 13.9. The third kappa shape index (κ3) is 5.19. The molecule has 1 heterocycles. The number of carbonyl (C=O) groups is 2. The molecule has 0 aromatic heterocycles. The number of para-hydroxylation sites is 1. The number of anilines is 1. The number of ether oxygens (including phenoxy) is 1. The molecule has 1 aliphatic heterocycles. The van der Waals surface area contributed by atoms with Crippen LogP contribution in [-0.2, 0) is 14.3 Å². The van der Waals surface area contributed by atoms with E-state index in [-0.39, 0.29) is 18.3 Å². The zero-order valence-corrected chi connectivity index (χ0v) is 15.8. The van der Waals surface area contributed by atoms with Gasteiger partial charge in [-0.05, 0) is 30.7 Å². The molecule has 1 saturated heterocycles. The van der Waals surface area contributed by atoms with Crippen LogP contribution in [0.2, 0.25) is 0 Å². The maximum atomic E-state index is 13.9. The van der Waals surface area contributed by atoms with Crippen LogP contribution in [0, 0.1) is 12.7 Å². The number of amides is 1. The zero-order valence-electron chi connectivity index (χ0n) is 15.8. The summed E-state index contributed by atoms with van der Waals surface area (Å²) >= 11 is 0. The van der Waals surface area contributed by atoms with Crippen molar-refractivity contribution < 1.29 is 18.7 Å². The van der Waals surface area contributed by atoms with Gasteiger partial charge in [0.25, 0.3) is 5.91 Å². The van der Waals surface area contributed by atoms with E-state index in [1.807, 2.05) is 36.1 Å². The van der Waals surface area contributed by atoms with Crippen LogP contribution in [0.4, 0.5) is 10.1 Å². The minimum Gasteiger partial charge on any atom is -0.452 e. The van der Waals surface area contributed by atoms with Gasteiger partial charge in [0, 0.05) is 32.3 Å². The predicted octanol–water partition coefficient (Wildman–Crippen LogP) is 3.04. The van der Waals surface area contributed by atoms with Crippen molar-refractivity contribution in [2.75, 3.05) is 37.7 Å². The molecule has 1 aliphatic rings. The van der Waals surface area contributed by atoms with Gasteiger partial charge < -0.3 is 14.5 Å². The number of rotatable bonds is 5. The lowest BCUT2D eigenvalue weighted by Gasteiger charge is -2.36. The predicted molar refractivity (Wildman–Crippen MR) is 106 cm³/mol. The van der Waals surface area contributed by atoms with E-state index in [2.05, 4.69) is 0 Å². The van der Waals surface area contributed by atoms with E-state index in [0.717, 1.165) is 11.1 Å². The highest BCUT2D eigenvalue weighted by Crippen LogP contribution is 2.20. The summed E-state index contributed by atoms with van der Waals surface area (Å²) in [6, 6.07) is 14.3. The number of esters is 1. The summed E-state index contributed by atoms with van der Waals surface area (Å²) in [5.41, 5.74) is 2.54. The van der Waals surface area contributed by atoms with Crippen molar-refractivity contribution >= 4 is 23.6 Å². The van der Waals surface area contributed by atoms with Gasteiger partial charge in [-0.25, -0.2) is 9.18 Å². The molecule has 0 aliphatic carbocycles. The average Bonchev–Trinajstić information content (AvgIpc) is 2.71. The molecule has 0 bridgehead atoms. The smallest absolute Gasteiger partial charge is 0.331 e. The highest BCUT2D eigenvalue weighted by molar-refractivity contribution is 5.89. The van der Waals surface area contributed by atoms with Crippen LogP contribution >= 0.6 is 0 Å². The third-order valence-corrected chi connectivity index (χ3v) is 4.62. The Hall–Kier alpha value is -3.15. The molecule has 0 unspecified atom stereocenters. The minimum absolute atomic E-state index is 0.245. The molecule has 0 N–H and O–H groups in total. The Morgan fingerprint density at radius 2 is 1.82 bits per heavy atom. The van der Waals surface area contributed by atoms with Gasteiger partial charge in [0.2, 0.25) is 0 Å². The first-order valence-corrected chi connectivity index (χ1v) is 9.22. The van der Waals surface area contributed by atoms with Gasteiger partial charge >= 0.3 is 5.97 Å². The lowest BCUT2D eigenvalue weighted by atomic mass is 10.1. The third-order valence-electron chi connectivity index (χ3n) is 4.62. The van der Waals surface area contributed by atoms with Crippen molar-refractivity contribution in [3.05, 3.63) is 71.6 Å². The molecule has 28 heavy (non-hydrogen) atoms. The first-order valence-electron chi connectivity index (χ1n) is 9.22. The van der Waals surface area contributed by atoms with Crippen LogP contribution in [0.15, 0.2) is 54.6 Å². The van der Waals surface area contributed by atoms with E-state index in [1.54, 1.807) is 29.2 Å². The Labute approximate surface area is 164 Å². The van der Waals surface area contributed by atoms with Gasteiger partial charge in [-0.2, -0.15) is 0 Å². The number of benzene rings is 2. The van der Waals surface area contributed by atoms with Gasteiger partial charge in [0.15, 0.2) is 6.61 Å². The molecule has 3 rings (SSSR count). The van der Waals surface area contributed by atoms with Crippen LogP contribution in [0.25, 0.3) is 6.08 Å². The Bertz CT molecular complexity index is 874. The fourth-order valence-corrected chi connectivity index (χ4v) is 3.12. The molecule has 2 aromatic rings. The summed E-state index contributed by atoms with van der Waals surface area (Å²) in [4.78, 5) is 27.6. The Morgan fingerprint density at radius 3 is 2.54 bits per heavy atom. The molecule has 0 spiro atoms. The number of carbonyl (C=O) groups excluding carboxylic acids is 2. The average molecular weight is 382 g/mol. The number of nitrogens with zero attached hydrogens (tertiary/aromatic N) is 2. The van der Waals surface area contributed by atoms with Crippen LogP contribution < -0.4 is 4.90 Å². The summed E-state index contributed by atoms with van der Waals surface area (Å²) in [5, 5.41) is 0. The molecule has 146 valence electrons. The lowest BCUT2D eigenvalue weighted by Crippen LogP contribution is -2.50. The first kappa shape index (κ1) is 19.6. The van der Waals surface area contributed by atoms with Crippen molar-refractivity contribution in [3.8, 4) is 0 Å². The Kier molecular flexibility index (Phi) is 6.42. The van der Waals surface area contributed by atoms with E-state index < -0.39 is 5.97 Å². The van der Waals surface area contributed by atoms with Gasteiger partial charge in [0.05, 0.1) is 5.69 Å². The van der Waals surface area contributed by atoms with Crippen LogP contribution in [0.5, 0.6) is 0 Å². The van der Waals surface area contributed by atoms with Gasteiger partial charge in [-0.3, -0.25) is 4.79 Å². The SMILES string of the molecule is Cc1cccc(/C=C/C(=O)OCC(=O)N2CCN(c3ccccc3F)CC2)c1. The van der Waals surface area contributed by atoms with Crippen LogP contribution in [0.3, 0.4) is 0 Å². The van der Waals surface area contributed by atoms with E-state index in [9.17, 15) is 14.0 Å². The quantitative estimate of drug-likeness (QED) is 0.589. The molecular weight excluding hydrogens is 359 g/mol. The zero-order chi connectivity index (χ0) is 19.9. The number of piperazine rings is 1. The molecule has 0 radical (unpaired) electrons. The molecular formula is C22H23FN2O3. The van der Waals surface area contributed by atoms with Crippen LogP contribution in [0.1, 0.15) is 11.1 Å². The summed E-state index contributed by atoms with van der Waals surface area (Å²) in [7, 11) is 0. The molecule has 6 heteroatoms. The maximum Gasteiger partial charge on any atom is 0.331 e. The fraction of sp³-hybridized carbons (Fsp3) is 0.273. The number of aryl methyl sites for hydroxylation is 1. The normalized spacial score (nSPS) is 14.4. The molecule has 0 atom stereocenters. The summed E-state index contributed by atoms with van der Waals surface area (Å²) in [5.74, 6) is -1.07. The highest BCUT2D eigenvalue weighted by atomic mass is 19.1. The number of hydrogen-bond donors (Lipinski definition) is 0. The monoisotopic (exact) mass is 382 g/mol. The Morgan fingerprint density at radius 1 is 1.07 bits per heavy atom. The van der Waals surface area contributed by atoms with E-state index in [0.29, 0.717) is 31.9 Å². The van der Waals surface area contributed by atoms with E-state index in [1.165, 1.54) is 12.1 Å². The fourth-order valence-electron chi connectivity index (χ4n) is 3.12. The van der Waals surface area contributed by atoms with E-state index >= 15 is 0 Å². The summed E-state index contributed by atoms with van der Waals surface area (Å²) < 4.78 is 18.9. The number of hydrogen-bond acceptors (Lipinski definition) is 4. The second kappa shape index (κ2) is 9.17. The van der Waals surface area contributed by atoms with Crippen molar-refractivity contribution in [3.63, 3.8) is 0 Å². The number of halogens is 1. The molecule has 2 aromatic carbocycles. The first-order chi connectivity index (χ1) is 13.5. The van der Waals surface area contributed by atoms with Gasteiger partial charge in [-0.1, -0.05) is 42.0 Å².